The first-order chi connectivity index (χ1) is 11.5. The van der Waals surface area contributed by atoms with Gasteiger partial charge in [0.05, 0.1) is 0 Å². The van der Waals surface area contributed by atoms with Crippen LogP contribution in [-0.2, 0) is 4.79 Å². The summed E-state index contributed by atoms with van der Waals surface area (Å²) in [4.78, 5) is 13.9. The third-order valence-electron chi connectivity index (χ3n) is 5.42. The molecule has 1 aromatic rings. The number of unbranched alkanes of at least 4 members (excludes halogenated alkanes) is 3. The highest BCUT2D eigenvalue weighted by Gasteiger charge is 2.33. The predicted octanol–water partition coefficient (Wildman–Crippen LogP) is 5.21. The zero-order chi connectivity index (χ0) is 17.5. The first-order valence-corrected chi connectivity index (χ1v) is 9.55. The van der Waals surface area contributed by atoms with E-state index in [1.54, 1.807) is 0 Å². The lowest BCUT2D eigenvalue weighted by atomic mass is 9.79. The van der Waals surface area contributed by atoms with Gasteiger partial charge in [-0.15, -0.1) is 0 Å². The number of ether oxygens (including phenoxy) is 1. The summed E-state index contributed by atoms with van der Waals surface area (Å²) in [5, 5.41) is 0. The van der Waals surface area contributed by atoms with Crippen LogP contribution in [-0.4, -0.2) is 24.0 Å². The van der Waals surface area contributed by atoms with Gasteiger partial charge >= 0.3 is 5.97 Å². The second-order valence-corrected chi connectivity index (χ2v) is 7.33. The smallest absolute Gasteiger partial charge is 0.308 e. The van der Waals surface area contributed by atoms with E-state index in [4.69, 9.17) is 4.74 Å². The first kappa shape index (κ1) is 19.0. The van der Waals surface area contributed by atoms with Crippen molar-refractivity contribution in [3.63, 3.8) is 0 Å². The molecule has 2 rings (SSSR count). The van der Waals surface area contributed by atoms with Crippen molar-refractivity contribution >= 4 is 5.97 Å². The van der Waals surface area contributed by atoms with Crippen molar-refractivity contribution in [2.45, 2.75) is 65.8 Å². The number of piperidine rings is 1. The topological polar surface area (TPSA) is 29.5 Å². The SMILES string of the molecule is CCCCCCN1CCC(C)[C@H](C)[C@H]1c1cccc(OC(C)=O)c1. The molecule has 3 atom stereocenters. The summed E-state index contributed by atoms with van der Waals surface area (Å²) in [6.45, 7) is 10.8. The minimum absolute atomic E-state index is 0.256. The number of rotatable bonds is 7. The lowest BCUT2D eigenvalue weighted by molar-refractivity contribution is -0.131. The van der Waals surface area contributed by atoms with Crippen molar-refractivity contribution in [2.75, 3.05) is 13.1 Å². The molecule has 0 amide bonds. The number of nitrogens with zero attached hydrogens (tertiary/aromatic N) is 1. The van der Waals surface area contributed by atoms with Crippen LogP contribution in [0.3, 0.4) is 0 Å². The molecule has 1 saturated heterocycles. The van der Waals surface area contributed by atoms with Gasteiger partial charge < -0.3 is 4.74 Å². The molecular formula is C21H33NO2. The Labute approximate surface area is 147 Å². The monoisotopic (exact) mass is 331 g/mol. The van der Waals surface area contributed by atoms with Crippen molar-refractivity contribution in [1.29, 1.82) is 0 Å². The van der Waals surface area contributed by atoms with Crippen LogP contribution in [0.25, 0.3) is 0 Å². The highest BCUT2D eigenvalue weighted by Crippen LogP contribution is 2.40. The molecule has 1 aliphatic heterocycles. The molecule has 0 spiro atoms. The summed E-state index contributed by atoms with van der Waals surface area (Å²) in [5.74, 6) is 1.74. The van der Waals surface area contributed by atoms with E-state index in [2.05, 4.69) is 37.8 Å². The quantitative estimate of drug-likeness (QED) is 0.390. The van der Waals surface area contributed by atoms with E-state index in [-0.39, 0.29) is 5.97 Å². The Morgan fingerprint density at radius 2 is 2.04 bits per heavy atom. The van der Waals surface area contributed by atoms with Crippen molar-refractivity contribution in [2.24, 2.45) is 11.8 Å². The van der Waals surface area contributed by atoms with Crippen LogP contribution < -0.4 is 4.74 Å². The van der Waals surface area contributed by atoms with Gasteiger partial charge in [0.15, 0.2) is 0 Å². The third kappa shape index (κ3) is 5.07. The van der Waals surface area contributed by atoms with Gasteiger partial charge in [0.2, 0.25) is 0 Å². The molecule has 1 aliphatic rings. The van der Waals surface area contributed by atoms with E-state index in [0.29, 0.717) is 17.7 Å². The van der Waals surface area contributed by atoms with E-state index in [9.17, 15) is 4.79 Å². The Bertz CT molecular complexity index is 528. The molecule has 0 radical (unpaired) electrons. The fourth-order valence-corrected chi connectivity index (χ4v) is 3.85. The largest absolute Gasteiger partial charge is 0.427 e. The summed E-state index contributed by atoms with van der Waals surface area (Å²) < 4.78 is 5.30. The van der Waals surface area contributed by atoms with E-state index >= 15 is 0 Å². The fourth-order valence-electron chi connectivity index (χ4n) is 3.85. The van der Waals surface area contributed by atoms with Crippen LogP contribution in [0.1, 0.15) is 71.4 Å². The van der Waals surface area contributed by atoms with Gasteiger partial charge in [-0.2, -0.15) is 0 Å². The van der Waals surface area contributed by atoms with Crippen LogP contribution in [0.4, 0.5) is 0 Å². The molecule has 1 fully saturated rings. The summed E-state index contributed by atoms with van der Waals surface area (Å²) in [6, 6.07) is 8.54. The second kappa shape index (κ2) is 9.22. The number of hydrogen-bond acceptors (Lipinski definition) is 3. The maximum Gasteiger partial charge on any atom is 0.308 e. The van der Waals surface area contributed by atoms with Gasteiger partial charge in [-0.3, -0.25) is 9.69 Å². The lowest BCUT2D eigenvalue weighted by Crippen LogP contribution is -2.42. The Hall–Kier alpha value is -1.35. The van der Waals surface area contributed by atoms with Gasteiger partial charge in [0.25, 0.3) is 0 Å². The van der Waals surface area contributed by atoms with Gasteiger partial charge in [-0.1, -0.05) is 52.2 Å². The molecule has 134 valence electrons. The Morgan fingerprint density at radius 1 is 1.25 bits per heavy atom. The minimum atomic E-state index is -0.256. The number of carbonyl (C=O) groups excluding carboxylic acids is 1. The standard InChI is InChI=1S/C21H33NO2/c1-5-6-7-8-13-22-14-12-16(2)17(3)21(22)19-10-9-11-20(15-19)24-18(4)23/h9-11,15-17,21H,5-8,12-14H2,1-4H3/t16?,17-,21-/m0/s1. The fraction of sp³-hybridized carbons (Fsp3) is 0.667. The summed E-state index contributed by atoms with van der Waals surface area (Å²) in [5.41, 5.74) is 1.28. The lowest BCUT2D eigenvalue weighted by Gasteiger charge is -2.44. The molecule has 0 N–H and O–H groups in total. The van der Waals surface area contributed by atoms with Crippen molar-refractivity contribution in [3.8, 4) is 5.75 Å². The molecule has 0 bridgehead atoms. The minimum Gasteiger partial charge on any atom is -0.427 e. The Balaban J connectivity index is 2.15. The zero-order valence-electron chi connectivity index (χ0n) is 15.8. The second-order valence-electron chi connectivity index (χ2n) is 7.33. The van der Waals surface area contributed by atoms with Crippen LogP contribution >= 0.6 is 0 Å². The molecule has 3 nitrogen and oxygen atoms in total. The summed E-state index contributed by atoms with van der Waals surface area (Å²) in [6.07, 6.45) is 6.47. The van der Waals surface area contributed by atoms with E-state index in [0.717, 1.165) is 5.92 Å². The first-order valence-electron chi connectivity index (χ1n) is 9.55. The number of carbonyl (C=O) groups is 1. The molecule has 1 heterocycles. The van der Waals surface area contributed by atoms with E-state index in [1.165, 1.54) is 57.7 Å². The molecule has 24 heavy (non-hydrogen) atoms. The van der Waals surface area contributed by atoms with Gasteiger partial charge in [0.1, 0.15) is 5.75 Å². The average Bonchev–Trinajstić information content (AvgIpc) is 2.54. The van der Waals surface area contributed by atoms with E-state index < -0.39 is 0 Å². The van der Waals surface area contributed by atoms with Crippen LogP contribution in [0.5, 0.6) is 5.75 Å². The maximum atomic E-state index is 11.3. The molecule has 0 aromatic heterocycles. The van der Waals surface area contributed by atoms with Crippen LogP contribution in [0, 0.1) is 11.8 Å². The zero-order valence-corrected chi connectivity index (χ0v) is 15.8. The normalized spacial score (nSPS) is 24.8. The molecule has 1 unspecified atom stereocenters. The molecular weight excluding hydrogens is 298 g/mol. The maximum absolute atomic E-state index is 11.3. The van der Waals surface area contributed by atoms with Gasteiger partial charge in [-0.05, 0) is 55.5 Å². The number of hydrogen-bond donors (Lipinski definition) is 0. The van der Waals surface area contributed by atoms with Gasteiger partial charge in [0, 0.05) is 13.0 Å². The highest BCUT2D eigenvalue weighted by molar-refractivity contribution is 5.69. The molecule has 0 saturated carbocycles. The van der Waals surface area contributed by atoms with Crippen molar-refractivity contribution < 1.29 is 9.53 Å². The van der Waals surface area contributed by atoms with Gasteiger partial charge in [-0.25, -0.2) is 0 Å². The Morgan fingerprint density at radius 3 is 2.75 bits per heavy atom. The Kier molecular flexibility index (Phi) is 7.29. The third-order valence-corrected chi connectivity index (χ3v) is 5.42. The molecule has 1 aromatic carbocycles. The number of esters is 1. The number of benzene rings is 1. The van der Waals surface area contributed by atoms with Crippen LogP contribution in [0.15, 0.2) is 24.3 Å². The number of likely N-dealkylation sites (tertiary alicyclic amines) is 1. The predicted molar refractivity (Wildman–Crippen MR) is 99.2 cm³/mol. The summed E-state index contributed by atoms with van der Waals surface area (Å²) in [7, 11) is 0. The molecule has 3 heteroatoms. The summed E-state index contributed by atoms with van der Waals surface area (Å²) >= 11 is 0. The van der Waals surface area contributed by atoms with Crippen molar-refractivity contribution in [1.82, 2.24) is 4.90 Å². The van der Waals surface area contributed by atoms with E-state index in [1.807, 2.05) is 12.1 Å². The van der Waals surface area contributed by atoms with Crippen molar-refractivity contribution in [3.05, 3.63) is 29.8 Å². The average molecular weight is 332 g/mol. The highest BCUT2D eigenvalue weighted by atomic mass is 16.5. The van der Waals surface area contributed by atoms with Crippen LogP contribution in [0.2, 0.25) is 0 Å². The molecule has 0 aliphatic carbocycles.